The summed E-state index contributed by atoms with van der Waals surface area (Å²) in [6.45, 7) is -0.415. The van der Waals surface area contributed by atoms with E-state index in [1.807, 2.05) is 0 Å². The van der Waals surface area contributed by atoms with Crippen molar-refractivity contribution in [3.63, 3.8) is 0 Å². The SMILES string of the molecule is NCC(=O)O.O=Cc1c(O)cccc1OCc1ccc(C(=O)NCC(=O)O)cc1.O=Cc1c(O)cccc1OCc1ccc(C(=O)O)cc1. The Morgan fingerprint density at radius 1 is 0.633 bits per heavy atom. The lowest BCUT2D eigenvalue weighted by atomic mass is 10.1. The molecule has 0 aliphatic rings. The number of ether oxygens (including phenoxy) is 2. The minimum absolute atomic E-state index is 0.0715. The number of carboxylic acid groups (broad SMARTS) is 3. The van der Waals surface area contributed by atoms with Crippen LogP contribution in [0.2, 0.25) is 0 Å². The second-order valence-corrected chi connectivity index (χ2v) is 9.56. The zero-order valence-electron chi connectivity index (χ0n) is 25.6. The van der Waals surface area contributed by atoms with E-state index in [1.165, 1.54) is 24.3 Å². The third kappa shape index (κ3) is 12.9. The maximum absolute atomic E-state index is 11.7. The molecule has 1 amide bonds. The molecule has 0 aliphatic carbocycles. The molecule has 256 valence electrons. The van der Waals surface area contributed by atoms with Gasteiger partial charge in [-0.3, -0.25) is 24.0 Å². The number of carbonyl (C=O) groups is 6. The topological polar surface area (TPSA) is 260 Å². The van der Waals surface area contributed by atoms with Crippen LogP contribution in [-0.2, 0) is 22.8 Å². The van der Waals surface area contributed by atoms with Crippen molar-refractivity contribution in [1.82, 2.24) is 5.32 Å². The highest BCUT2D eigenvalue weighted by molar-refractivity contribution is 5.95. The van der Waals surface area contributed by atoms with Gasteiger partial charge in [-0.05, 0) is 59.7 Å². The highest BCUT2D eigenvalue weighted by Gasteiger charge is 2.11. The molecule has 15 nitrogen and oxygen atoms in total. The summed E-state index contributed by atoms with van der Waals surface area (Å²) in [5.41, 5.74) is 6.75. The molecule has 0 bridgehead atoms. The summed E-state index contributed by atoms with van der Waals surface area (Å²) < 4.78 is 11.0. The molecule has 8 N–H and O–H groups in total. The number of aldehydes is 2. The molecule has 0 saturated carbocycles. The summed E-state index contributed by atoms with van der Waals surface area (Å²) in [5, 5.41) is 46.2. The minimum Gasteiger partial charge on any atom is -0.507 e. The van der Waals surface area contributed by atoms with E-state index in [9.17, 15) is 39.0 Å². The summed E-state index contributed by atoms with van der Waals surface area (Å²) in [5.74, 6) is -3.33. The predicted molar refractivity (Wildman–Crippen MR) is 172 cm³/mol. The molecule has 49 heavy (non-hydrogen) atoms. The van der Waals surface area contributed by atoms with Crippen molar-refractivity contribution in [2.75, 3.05) is 13.1 Å². The van der Waals surface area contributed by atoms with Gasteiger partial charge in [0.05, 0.1) is 23.2 Å². The Morgan fingerprint density at radius 2 is 1.04 bits per heavy atom. The van der Waals surface area contributed by atoms with E-state index in [2.05, 4.69) is 11.1 Å². The monoisotopic (exact) mass is 676 g/mol. The van der Waals surface area contributed by atoms with Crippen molar-refractivity contribution >= 4 is 36.4 Å². The van der Waals surface area contributed by atoms with Gasteiger partial charge in [0.1, 0.15) is 42.8 Å². The molecule has 0 fully saturated rings. The Bertz CT molecular complexity index is 1760. The fourth-order valence-corrected chi connectivity index (χ4v) is 3.63. The van der Waals surface area contributed by atoms with E-state index in [0.29, 0.717) is 18.1 Å². The summed E-state index contributed by atoms with van der Waals surface area (Å²) in [6.07, 6.45) is 1.04. The maximum Gasteiger partial charge on any atom is 0.335 e. The Hall–Kier alpha value is -6.74. The first-order valence-corrected chi connectivity index (χ1v) is 14.0. The van der Waals surface area contributed by atoms with Crippen LogP contribution in [0, 0.1) is 0 Å². The Labute approximate surface area is 278 Å². The van der Waals surface area contributed by atoms with Crippen LogP contribution in [0.25, 0.3) is 0 Å². The van der Waals surface area contributed by atoms with E-state index in [-0.39, 0.29) is 59.4 Å². The Kier molecular flexibility index (Phi) is 15.5. The number of nitrogens with one attached hydrogen (secondary N) is 1. The number of aromatic hydroxyl groups is 2. The van der Waals surface area contributed by atoms with Crippen molar-refractivity contribution in [2.45, 2.75) is 13.2 Å². The smallest absolute Gasteiger partial charge is 0.335 e. The van der Waals surface area contributed by atoms with E-state index < -0.39 is 30.4 Å². The van der Waals surface area contributed by atoms with Crippen molar-refractivity contribution in [1.29, 1.82) is 0 Å². The molecule has 4 aromatic carbocycles. The lowest BCUT2D eigenvalue weighted by molar-refractivity contribution is -0.136. The zero-order valence-corrected chi connectivity index (χ0v) is 25.6. The third-order valence-electron chi connectivity index (χ3n) is 6.10. The molecule has 0 spiro atoms. The summed E-state index contributed by atoms with van der Waals surface area (Å²) >= 11 is 0. The minimum atomic E-state index is -1.12. The molecule has 0 heterocycles. The predicted octanol–water partition coefficient (Wildman–Crippen LogP) is 3.11. The van der Waals surface area contributed by atoms with Gasteiger partial charge in [0, 0.05) is 5.56 Å². The number of hydrogen-bond acceptors (Lipinski definition) is 11. The van der Waals surface area contributed by atoms with Crippen molar-refractivity contribution in [3.05, 3.63) is 118 Å². The maximum atomic E-state index is 11.7. The number of phenols is 2. The highest BCUT2D eigenvalue weighted by atomic mass is 16.5. The van der Waals surface area contributed by atoms with Crippen LogP contribution in [0.3, 0.4) is 0 Å². The standard InChI is InChI=1S/C17H15NO6.C15H12O5.C2H5NO2/c19-9-13-14(20)2-1-3-15(13)24-10-11-4-6-12(7-5-11)17(23)18-8-16(21)22;16-8-12-13(17)2-1-3-14(12)20-9-10-4-6-11(7-5-10)15(18)19;3-1-2(4)5/h1-7,9,20H,8,10H2,(H,18,23)(H,21,22);1-8,17H,9H2,(H,18,19);1,3H2,(H,4,5). The molecular formula is C34H32N2O13. The van der Waals surface area contributed by atoms with Gasteiger partial charge in [-0.2, -0.15) is 0 Å². The number of benzene rings is 4. The second kappa shape index (κ2) is 19.7. The number of nitrogens with two attached hydrogens (primary N) is 1. The van der Waals surface area contributed by atoms with Gasteiger partial charge < -0.3 is 46.1 Å². The first-order chi connectivity index (χ1) is 23.4. The molecule has 0 aromatic heterocycles. The number of aromatic carboxylic acids is 1. The molecule has 0 radical (unpaired) electrons. The molecule has 4 rings (SSSR count). The normalized spacial score (nSPS) is 9.73. The van der Waals surface area contributed by atoms with Gasteiger partial charge in [-0.1, -0.05) is 36.4 Å². The van der Waals surface area contributed by atoms with E-state index in [1.54, 1.807) is 60.7 Å². The molecule has 15 heteroatoms. The average Bonchev–Trinajstić information content (AvgIpc) is 3.09. The fraction of sp³-hybridized carbons (Fsp3) is 0.118. The fourth-order valence-electron chi connectivity index (χ4n) is 3.63. The van der Waals surface area contributed by atoms with Crippen molar-refractivity contribution < 1.29 is 63.8 Å². The van der Waals surface area contributed by atoms with Crippen LogP contribution >= 0.6 is 0 Å². The molecule has 4 aromatic rings. The largest absolute Gasteiger partial charge is 0.507 e. The van der Waals surface area contributed by atoms with Gasteiger partial charge >= 0.3 is 17.9 Å². The van der Waals surface area contributed by atoms with E-state index in [0.717, 1.165) is 11.1 Å². The summed E-state index contributed by atoms with van der Waals surface area (Å²) in [7, 11) is 0. The van der Waals surface area contributed by atoms with E-state index in [4.69, 9.17) is 24.8 Å². The Morgan fingerprint density at radius 3 is 1.39 bits per heavy atom. The van der Waals surface area contributed by atoms with Gasteiger partial charge in [0.2, 0.25) is 0 Å². The van der Waals surface area contributed by atoms with Crippen molar-refractivity contribution in [3.8, 4) is 23.0 Å². The van der Waals surface area contributed by atoms with Crippen LogP contribution in [0.15, 0.2) is 84.9 Å². The first kappa shape index (κ1) is 38.4. The lowest BCUT2D eigenvalue weighted by Crippen LogP contribution is -2.29. The molecule has 0 aliphatic heterocycles. The number of phenolic OH excluding ortho intramolecular Hbond substituents is 2. The van der Waals surface area contributed by atoms with Crippen LogP contribution < -0.4 is 20.5 Å². The first-order valence-electron chi connectivity index (χ1n) is 14.0. The number of carboxylic acids is 3. The van der Waals surface area contributed by atoms with Gasteiger partial charge in [-0.25, -0.2) is 4.79 Å². The average molecular weight is 677 g/mol. The van der Waals surface area contributed by atoms with Crippen LogP contribution in [0.1, 0.15) is 52.6 Å². The molecule has 0 atom stereocenters. The van der Waals surface area contributed by atoms with Gasteiger partial charge in [-0.15, -0.1) is 0 Å². The van der Waals surface area contributed by atoms with Crippen LogP contribution in [-0.4, -0.2) is 75.0 Å². The Balaban J connectivity index is 0.000000303. The van der Waals surface area contributed by atoms with Crippen molar-refractivity contribution in [2.24, 2.45) is 5.73 Å². The van der Waals surface area contributed by atoms with Crippen LogP contribution in [0.5, 0.6) is 23.0 Å². The lowest BCUT2D eigenvalue weighted by Gasteiger charge is -2.10. The van der Waals surface area contributed by atoms with Gasteiger partial charge in [0.15, 0.2) is 12.6 Å². The molecule has 0 unspecified atom stereocenters. The summed E-state index contributed by atoms with van der Waals surface area (Å²) in [6, 6.07) is 21.7. The molecular weight excluding hydrogens is 644 g/mol. The second-order valence-electron chi connectivity index (χ2n) is 9.56. The number of carbonyl (C=O) groups excluding carboxylic acids is 3. The number of amides is 1. The van der Waals surface area contributed by atoms with Gasteiger partial charge in [0.25, 0.3) is 5.91 Å². The summed E-state index contributed by atoms with van der Waals surface area (Å²) in [4.78, 5) is 63.9. The number of rotatable bonds is 13. The quantitative estimate of drug-likeness (QED) is 0.100. The number of aliphatic carboxylic acids is 2. The highest BCUT2D eigenvalue weighted by Crippen LogP contribution is 2.27. The zero-order chi connectivity index (χ0) is 36.3. The van der Waals surface area contributed by atoms with Crippen LogP contribution in [0.4, 0.5) is 0 Å². The van der Waals surface area contributed by atoms with E-state index >= 15 is 0 Å². The molecule has 0 saturated heterocycles. The number of hydrogen-bond donors (Lipinski definition) is 7. The third-order valence-corrected chi connectivity index (χ3v) is 6.10.